The molecule has 0 unspecified atom stereocenters. The molecule has 28 heavy (non-hydrogen) atoms. The molecule has 146 valence electrons. The molecule has 3 aromatic rings. The molecule has 1 heterocycles. The molecule has 0 amide bonds. The van der Waals surface area contributed by atoms with Gasteiger partial charge in [-0.15, -0.1) is 10.2 Å². The van der Waals surface area contributed by atoms with E-state index >= 15 is 0 Å². The summed E-state index contributed by atoms with van der Waals surface area (Å²) in [5.41, 5.74) is 4.87. The molecule has 0 radical (unpaired) electrons. The van der Waals surface area contributed by atoms with Crippen molar-refractivity contribution < 1.29 is 17.9 Å². The summed E-state index contributed by atoms with van der Waals surface area (Å²) >= 11 is 3.42. The van der Waals surface area contributed by atoms with Crippen molar-refractivity contribution in [1.29, 1.82) is 0 Å². The quantitative estimate of drug-likeness (QED) is 0.570. The Labute approximate surface area is 167 Å². The van der Waals surface area contributed by atoms with Crippen LogP contribution in [0.15, 0.2) is 46.9 Å². The van der Waals surface area contributed by atoms with E-state index in [9.17, 15) is 13.2 Å². The third kappa shape index (κ3) is 3.23. The summed E-state index contributed by atoms with van der Waals surface area (Å²) in [6.07, 6.45) is -3.10. The van der Waals surface area contributed by atoms with Crippen molar-refractivity contribution in [3.8, 4) is 17.1 Å². The van der Waals surface area contributed by atoms with Gasteiger partial charge in [0.15, 0.2) is 17.2 Å². The molecule has 2 N–H and O–H groups in total. The van der Waals surface area contributed by atoms with Crippen molar-refractivity contribution in [3.05, 3.63) is 58.3 Å². The molecule has 0 aliphatic heterocycles. The molecule has 5 nitrogen and oxygen atoms in total. The minimum atomic E-state index is -4.48. The van der Waals surface area contributed by atoms with E-state index in [0.717, 1.165) is 6.07 Å². The summed E-state index contributed by atoms with van der Waals surface area (Å²) in [5, 5.41) is 8.22. The molecular weight excluding hydrogens is 437 g/mol. The fourth-order valence-corrected chi connectivity index (χ4v) is 3.66. The van der Waals surface area contributed by atoms with Crippen molar-refractivity contribution >= 4 is 21.6 Å². The van der Waals surface area contributed by atoms with Gasteiger partial charge in [-0.2, -0.15) is 13.2 Å². The van der Waals surface area contributed by atoms with Crippen LogP contribution in [0.2, 0.25) is 0 Å². The zero-order valence-electron chi connectivity index (χ0n) is 14.8. The zero-order chi connectivity index (χ0) is 20.1. The van der Waals surface area contributed by atoms with E-state index in [1.165, 1.54) is 12.1 Å². The Bertz CT molecular complexity index is 1040. The molecular formula is C19H16BrF3N4O. The molecule has 1 fully saturated rings. The maximum atomic E-state index is 13.4. The minimum absolute atomic E-state index is 0.0132. The van der Waals surface area contributed by atoms with E-state index in [-0.39, 0.29) is 11.4 Å². The predicted octanol–water partition coefficient (Wildman–Crippen LogP) is 4.91. The molecule has 0 spiro atoms. The first-order chi connectivity index (χ1) is 13.2. The van der Waals surface area contributed by atoms with Crippen LogP contribution in [0.1, 0.15) is 24.2 Å². The molecule has 1 saturated carbocycles. The second kappa shape index (κ2) is 6.51. The molecule has 1 aliphatic carbocycles. The Balaban J connectivity index is 1.72. The van der Waals surface area contributed by atoms with Crippen LogP contribution in [0.5, 0.6) is 5.75 Å². The molecule has 0 atom stereocenters. The summed E-state index contributed by atoms with van der Waals surface area (Å²) in [4.78, 5) is 0. The van der Waals surface area contributed by atoms with Crippen LogP contribution in [0.3, 0.4) is 0 Å². The fourth-order valence-electron chi connectivity index (χ4n) is 3.18. The number of hydrogen-bond donors (Lipinski definition) is 1. The third-order valence-electron chi connectivity index (χ3n) is 4.72. The lowest BCUT2D eigenvalue weighted by Crippen LogP contribution is -2.21. The lowest BCUT2D eigenvalue weighted by Gasteiger charge is -2.19. The van der Waals surface area contributed by atoms with Gasteiger partial charge in [0.25, 0.3) is 0 Å². The predicted molar refractivity (Wildman–Crippen MR) is 102 cm³/mol. The second-order valence-electron chi connectivity index (χ2n) is 6.74. The van der Waals surface area contributed by atoms with Crippen LogP contribution in [0, 0.1) is 0 Å². The number of ether oxygens (including phenoxy) is 1. The first-order valence-electron chi connectivity index (χ1n) is 8.52. The first-order valence-corrected chi connectivity index (χ1v) is 9.31. The fraction of sp³-hybridized carbons (Fsp3) is 0.263. The number of benzene rings is 2. The van der Waals surface area contributed by atoms with Crippen LogP contribution in [0.25, 0.3) is 11.4 Å². The van der Waals surface area contributed by atoms with Gasteiger partial charge in [0.05, 0.1) is 10.0 Å². The number of aromatic nitrogens is 3. The summed E-state index contributed by atoms with van der Waals surface area (Å²) in [6, 6.07) is 10.5. The van der Waals surface area contributed by atoms with Gasteiger partial charge in [-0.25, -0.2) is 0 Å². The molecule has 9 heteroatoms. The number of rotatable bonds is 4. The van der Waals surface area contributed by atoms with E-state index in [1.807, 2.05) is 0 Å². The minimum Gasteiger partial charge on any atom is -0.478 e. The molecule has 4 rings (SSSR count). The van der Waals surface area contributed by atoms with Gasteiger partial charge in [0.1, 0.15) is 5.75 Å². The smallest absolute Gasteiger partial charge is 0.417 e. The number of nitrogens with two attached hydrogens (primary N) is 1. The highest BCUT2D eigenvalue weighted by molar-refractivity contribution is 9.10. The molecule has 1 aliphatic rings. The number of nitrogen functional groups attached to an aromatic ring is 1. The van der Waals surface area contributed by atoms with Crippen molar-refractivity contribution in [2.75, 3.05) is 5.73 Å². The third-order valence-corrected chi connectivity index (χ3v) is 5.34. The number of halogens is 4. The van der Waals surface area contributed by atoms with Crippen molar-refractivity contribution in [3.63, 3.8) is 0 Å². The van der Waals surface area contributed by atoms with E-state index in [4.69, 9.17) is 10.5 Å². The summed E-state index contributed by atoms with van der Waals surface area (Å²) < 4.78 is 48.6. The van der Waals surface area contributed by atoms with Gasteiger partial charge >= 0.3 is 6.18 Å². The van der Waals surface area contributed by atoms with Gasteiger partial charge in [0.2, 0.25) is 0 Å². The first kappa shape index (κ1) is 18.8. The summed E-state index contributed by atoms with van der Waals surface area (Å²) in [6.45, 7) is 0. The summed E-state index contributed by atoms with van der Waals surface area (Å²) in [7, 11) is 1.65. The molecule has 1 aromatic heterocycles. The highest BCUT2D eigenvalue weighted by Gasteiger charge is 2.52. The maximum absolute atomic E-state index is 13.4. The van der Waals surface area contributed by atoms with Gasteiger partial charge < -0.3 is 15.0 Å². The van der Waals surface area contributed by atoms with E-state index < -0.39 is 17.3 Å². The molecule has 0 bridgehead atoms. The highest BCUT2D eigenvalue weighted by atomic mass is 79.9. The lowest BCUT2D eigenvalue weighted by molar-refractivity contribution is -0.137. The Kier molecular flexibility index (Phi) is 4.37. The van der Waals surface area contributed by atoms with E-state index in [2.05, 4.69) is 26.1 Å². The van der Waals surface area contributed by atoms with Crippen LogP contribution in [-0.2, 0) is 18.8 Å². The monoisotopic (exact) mass is 452 g/mol. The molecule has 0 saturated heterocycles. The topological polar surface area (TPSA) is 66.0 Å². The average Bonchev–Trinajstić information content (AvgIpc) is 3.30. The Hall–Kier alpha value is -2.55. The van der Waals surface area contributed by atoms with Crippen LogP contribution in [-0.4, -0.2) is 14.8 Å². The van der Waals surface area contributed by atoms with Gasteiger partial charge in [0, 0.05) is 18.3 Å². The lowest BCUT2D eigenvalue weighted by atomic mass is 10.1. The van der Waals surface area contributed by atoms with Crippen molar-refractivity contribution in [2.24, 2.45) is 7.05 Å². The van der Waals surface area contributed by atoms with Crippen LogP contribution < -0.4 is 10.5 Å². The number of alkyl halides is 3. The second-order valence-corrected chi connectivity index (χ2v) is 7.59. The number of anilines is 1. The average molecular weight is 453 g/mol. The van der Waals surface area contributed by atoms with Crippen molar-refractivity contribution in [2.45, 2.75) is 24.6 Å². The highest BCUT2D eigenvalue weighted by Crippen LogP contribution is 2.50. The number of nitrogens with zero attached hydrogens (tertiary/aromatic N) is 3. The standard InChI is InChI=1S/C19H16BrF3N4O/c1-27-16(12-4-2-3-5-13(12)19(21,22)23)25-26-17(27)18(8-9-18)28-15-7-6-11(24)10-14(15)20/h2-7,10H,8-9,24H2,1H3. The van der Waals surface area contributed by atoms with Crippen LogP contribution in [0.4, 0.5) is 18.9 Å². The zero-order valence-corrected chi connectivity index (χ0v) is 16.4. The Morgan fingerprint density at radius 3 is 2.50 bits per heavy atom. The van der Waals surface area contributed by atoms with Crippen LogP contribution >= 0.6 is 15.9 Å². The Morgan fingerprint density at radius 1 is 1.14 bits per heavy atom. The van der Waals surface area contributed by atoms with Gasteiger partial charge in [-0.3, -0.25) is 0 Å². The largest absolute Gasteiger partial charge is 0.478 e. The Morgan fingerprint density at radius 2 is 1.86 bits per heavy atom. The maximum Gasteiger partial charge on any atom is 0.417 e. The normalized spacial score (nSPS) is 15.5. The number of hydrogen-bond acceptors (Lipinski definition) is 4. The SMILES string of the molecule is Cn1c(-c2ccccc2C(F)(F)F)nnc1C1(Oc2ccc(N)cc2Br)CC1. The van der Waals surface area contributed by atoms with E-state index in [1.54, 1.807) is 35.9 Å². The van der Waals surface area contributed by atoms with Gasteiger partial charge in [-0.05, 0) is 53.0 Å². The van der Waals surface area contributed by atoms with E-state index in [0.29, 0.717) is 34.6 Å². The molecule has 2 aromatic carbocycles. The summed E-state index contributed by atoms with van der Waals surface area (Å²) in [5.74, 6) is 1.23. The van der Waals surface area contributed by atoms with Crippen molar-refractivity contribution in [1.82, 2.24) is 14.8 Å². The van der Waals surface area contributed by atoms with Gasteiger partial charge in [-0.1, -0.05) is 18.2 Å².